The van der Waals surface area contributed by atoms with E-state index in [4.69, 9.17) is 4.74 Å². The lowest BCUT2D eigenvalue weighted by atomic mass is 10.0. The van der Waals surface area contributed by atoms with Crippen LogP contribution in [0.3, 0.4) is 0 Å². The van der Waals surface area contributed by atoms with E-state index in [1.807, 2.05) is 4.90 Å². The Hall–Kier alpha value is -2.04. The Labute approximate surface area is 124 Å². The maximum atomic E-state index is 12.3. The van der Waals surface area contributed by atoms with Gasteiger partial charge >= 0.3 is 0 Å². The van der Waals surface area contributed by atoms with E-state index in [0.717, 1.165) is 25.8 Å². The first-order chi connectivity index (χ1) is 10.2. The molecule has 2 aliphatic rings. The molecule has 0 spiro atoms. The zero-order chi connectivity index (χ0) is 14.8. The van der Waals surface area contributed by atoms with Crippen LogP contribution in [0, 0.1) is 0 Å². The van der Waals surface area contributed by atoms with E-state index >= 15 is 0 Å². The first kappa shape index (κ1) is 13.9. The molecule has 3 rings (SSSR count). The number of carbonyl (C=O) groups is 2. The van der Waals surface area contributed by atoms with Crippen molar-refractivity contribution < 1.29 is 14.3 Å². The van der Waals surface area contributed by atoms with Gasteiger partial charge < -0.3 is 15.0 Å². The monoisotopic (exact) mass is 288 g/mol. The quantitative estimate of drug-likeness (QED) is 0.918. The second kappa shape index (κ2) is 5.76. The van der Waals surface area contributed by atoms with Gasteiger partial charge in [-0.1, -0.05) is 6.07 Å². The van der Waals surface area contributed by atoms with Crippen molar-refractivity contribution in [2.75, 3.05) is 13.7 Å². The van der Waals surface area contributed by atoms with Crippen LogP contribution < -0.4 is 10.1 Å². The van der Waals surface area contributed by atoms with Crippen LogP contribution in [-0.4, -0.2) is 42.5 Å². The molecule has 21 heavy (non-hydrogen) atoms. The van der Waals surface area contributed by atoms with Gasteiger partial charge in [0, 0.05) is 18.2 Å². The third kappa shape index (κ3) is 2.73. The Balaban J connectivity index is 1.68. The molecule has 0 saturated carbocycles. The maximum absolute atomic E-state index is 12.3. The normalized spacial score (nSPS) is 24.6. The topological polar surface area (TPSA) is 58.6 Å². The highest BCUT2D eigenvalue weighted by Crippen LogP contribution is 2.28. The van der Waals surface area contributed by atoms with E-state index in [9.17, 15) is 9.59 Å². The van der Waals surface area contributed by atoms with Gasteiger partial charge in [-0.05, 0) is 43.9 Å². The fourth-order valence-corrected chi connectivity index (χ4v) is 3.24. The predicted molar refractivity (Wildman–Crippen MR) is 78.2 cm³/mol. The summed E-state index contributed by atoms with van der Waals surface area (Å²) in [7, 11) is 1.56. The summed E-state index contributed by atoms with van der Waals surface area (Å²) >= 11 is 0. The number of hydrogen-bond acceptors (Lipinski definition) is 3. The number of fused-ring (bicyclic) bond motifs is 1. The van der Waals surface area contributed by atoms with E-state index < -0.39 is 0 Å². The second-order valence-corrected chi connectivity index (χ2v) is 5.67. The molecule has 2 atom stereocenters. The van der Waals surface area contributed by atoms with E-state index in [1.54, 1.807) is 31.4 Å². The lowest BCUT2D eigenvalue weighted by Crippen LogP contribution is -2.43. The second-order valence-electron chi connectivity index (χ2n) is 5.67. The molecule has 1 aromatic rings. The summed E-state index contributed by atoms with van der Waals surface area (Å²) in [5, 5.41) is 2.87. The molecule has 1 N–H and O–H groups in total. The van der Waals surface area contributed by atoms with Crippen LogP contribution >= 0.6 is 0 Å². The van der Waals surface area contributed by atoms with Gasteiger partial charge in [0.25, 0.3) is 5.91 Å². The standard InChI is InChI=1S/C16H20N2O3/c1-21-13-7-4-5-11(9-13)15(19)17-14-10-12-6-2-3-8-18(12)16(14)20/h4-5,7,9,12,14H,2-3,6,8,10H2,1H3,(H,17,19)/t12-,14+/m1/s1. The molecule has 1 aromatic carbocycles. The van der Waals surface area contributed by atoms with Crippen molar-refractivity contribution in [1.29, 1.82) is 0 Å². The van der Waals surface area contributed by atoms with E-state index in [-0.39, 0.29) is 17.9 Å². The molecule has 2 fully saturated rings. The van der Waals surface area contributed by atoms with Crippen LogP contribution in [0.4, 0.5) is 0 Å². The first-order valence-corrected chi connectivity index (χ1v) is 7.44. The van der Waals surface area contributed by atoms with Crippen molar-refractivity contribution >= 4 is 11.8 Å². The minimum absolute atomic E-state index is 0.0657. The Bertz CT molecular complexity index is 558. The Morgan fingerprint density at radius 3 is 3.00 bits per heavy atom. The number of methoxy groups -OCH3 is 1. The van der Waals surface area contributed by atoms with Gasteiger partial charge in [-0.25, -0.2) is 0 Å². The van der Waals surface area contributed by atoms with Gasteiger partial charge in [0.2, 0.25) is 5.91 Å². The third-order valence-electron chi connectivity index (χ3n) is 4.35. The van der Waals surface area contributed by atoms with Crippen LogP contribution in [0.2, 0.25) is 0 Å². The third-order valence-corrected chi connectivity index (χ3v) is 4.35. The maximum Gasteiger partial charge on any atom is 0.252 e. The molecule has 2 amide bonds. The van der Waals surface area contributed by atoms with Gasteiger partial charge in [-0.2, -0.15) is 0 Å². The lowest BCUT2D eigenvalue weighted by Gasteiger charge is -2.28. The number of amides is 2. The van der Waals surface area contributed by atoms with Gasteiger partial charge in [0.15, 0.2) is 0 Å². The zero-order valence-electron chi connectivity index (χ0n) is 12.2. The molecule has 5 heteroatoms. The summed E-state index contributed by atoms with van der Waals surface area (Å²) in [6, 6.07) is 6.89. The lowest BCUT2D eigenvalue weighted by molar-refractivity contribution is -0.131. The number of nitrogens with one attached hydrogen (secondary N) is 1. The summed E-state index contributed by atoms with van der Waals surface area (Å²) in [5.74, 6) is 0.487. The molecule has 0 aliphatic carbocycles. The largest absolute Gasteiger partial charge is 0.497 e. The molecule has 0 radical (unpaired) electrons. The van der Waals surface area contributed by atoms with Crippen LogP contribution in [0.1, 0.15) is 36.0 Å². The van der Waals surface area contributed by atoms with E-state index in [0.29, 0.717) is 17.4 Å². The fourth-order valence-electron chi connectivity index (χ4n) is 3.24. The van der Waals surface area contributed by atoms with Gasteiger partial charge in [-0.15, -0.1) is 0 Å². The highest BCUT2D eigenvalue weighted by Gasteiger charge is 2.41. The number of hydrogen-bond donors (Lipinski definition) is 1. The Morgan fingerprint density at radius 2 is 2.24 bits per heavy atom. The van der Waals surface area contributed by atoms with Gasteiger partial charge in [0.05, 0.1) is 7.11 Å². The van der Waals surface area contributed by atoms with E-state index in [1.165, 1.54) is 6.42 Å². The number of carbonyl (C=O) groups excluding carboxylic acids is 2. The van der Waals surface area contributed by atoms with Gasteiger partial charge in [-0.3, -0.25) is 9.59 Å². The summed E-state index contributed by atoms with van der Waals surface area (Å²) in [6.45, 7) is 0.828. The Morgan fingerprint density at radius 1 is 1.38 bits per heavy atom. The van der Waals surface area contributed by atoms with Crippen LogP contribution in [0.15, 0.2) is 24.3 Å². The molecular weight excluding hydrogens is 268 g/mol. The van der Waals surface area contributed by atoms with Crippen molar-refractivity contribution in [1.82, 2.24) is 10.2 Å². The predicted octanol–water partition coefficient (Wildman–Crippen LogP) is 1.58. The molecule has 2 heterocycles. The van der Waals surface area contributed by atoms with Crippen LogP contribution in [0.25, 0.3) is 0 Å². The molecule has 0 unspecified atom stereocenters. The number of benzene rings is 1. The molecule has 2 saturated heterocycles. The minimum atomic E-state index is -0.383. The van der Waals surface area contributed by atoms with Crippen molar-refractivity contribution in [2.45, 2.75) is 37.8 Å². The number of rotatable bonds is 3. The molecule has 0 bridgehead atoms. The summed E-state index contributed by atoms with van der Waals surface area (Å²) in [4.78, 5) is 26.5. The number of piperidine rings is 1. The van der Waals surface area contributed by atoms with Crippen LogP contribution in [-0.2, 0) is 4.79 Å². The highest BCUT2D eigenvalue weighted by molar-refractivity contribution is 5.98. The molecule has 0 aromatic heterocycles. The van der Waals surface area contributed by atoms with E-state index in [2.05, 4.69) is 5.32 Å². The molecule has 5 nitrogen and oxygen atoms in total. The number of ether oxygens (including phenoxy) is 1. The highest BCUT2D eigenvalue weighted by atomic mass is 16.5. The van der Waals surface area contributed by atoms with Crippen molar-refractivity contribution in [3.05, 3.63) is 29.8 Å². The number of nitrogens with zero attached hydrogens (tertiary/aromatic N) is 1. The van der Waals surface area contributed by atoms with Gasteiger partial charge in [0.1, 0.15) is 11.8 Å². The minimum Gasteiger partial charge on any atom is -0.497 e. The first-order valence-electron chi connectivity index (χ1n) is 7.44. The smallest absolute Gasteiger partial charge is 0.252 e. The molecular formula is C16H20N2O3. The van der Waals surface area contributed by atoms with Crippen molar-refractivity contribution in [3.63, 3.8) is 0 Å². The van der Waals surface area contributed by atoms with Crippen LogP contribution in [0.5, 0.6) is 5.75 Å². The molecule has 112 valence electrons. The Kier molecular flexibility index (Phi) is 3.82. The summed E-state index contributed by atoms with van der Waals surface area (Å²) < 4.78 is 5.12. The summed E-state index contributed by atoms with van der Waals surface area (Å²) in [5.41, 5.74) is 0.520. The summed E-state index contributed by atoms with van der Waals surface area (Å²) in [6.07, 6.45) is 4.02. The fraction of sp³-hybridized carbons (Fsp3) is 0.500. The van der Waals surface area contributed by atoms with Crippen molar-refractivity contribution in [3.8, 4) is 5.75 Å². The zero-order valence-corrected chi connectivity index (χ0v) is 12.2. The average molecular weight is 288 g/mol. The molecule has 2 aliphatic heterocycles. The van der Waals surface area contributed by atoms with Crippen molar-refractivity contribution in [2.24, 2.45) is 0 Å². The average Bonchev–Trinajstić information content (AvgIpc) is 2.84. The SMILES string of the molecule is COc1cccc(C(=O)N[C@H]2C[C@H]3CCCCN3C2=O)c1.